The first-order chi connectivity index (χ1) is 16.4. The van der Waals surface area contributed by atoms with Crippen molar-refractivity contribution in [2.75, 3.05) is 56.1 Å². The molecule has 1 fully saturated rings. The molecule has 2 amide bonds. The Balaban J connectivity index is 1.66. The van der Waals surface area contributed by atoms with Crippen LogP contribution in [0, 0.1) is 0 Å². The van der Waals surface area contributed by atoms with Crippen LogP contribution in [0.3, 0.4) is 0 Å². The molecule has 4 rings (SSSR count). The zero-order valence-electron chi connectivity index (χ0n) is 20.3. The number of hydrogen-bond donors (Lipinski definition) is 0. The van der Waals surface area contributed by atoms with Gasteiger partial charge >= 0.3 is 0 Å². The summed E-state index contributed by atoms with van der Waals surface area (Å²) >= 11 is 6.55. The van der Waals surface area contributed by atoms with Gasteiger partial charge in [0.25, 0.3) is 5.91 Å². The van der Waals surface area contributed by atoms with E-state index in [1.54, 1.807) is 6.92 Å². The summed E-state index contributed by atoms with van der Waals surface area (Å²) in [6.07, 6.45) is 4.42. The van der Waals surface area contributed by atoms with Crippen molar-refractivity contribution in [2.24, 2.45) is 0 Å². The summed E-state index contributed by atoms with van der Waals surface area (Å²) in [6, 6.07) is 13.6. The van der Waals surface area contributed by atoms with Crippen LogP contribution in [0.2, 0.25) is 5.02 Å². The minimum Gasteiger partial charge on any atom is -0.370 e. The van der Waals surface area contributed by atoms with Crippen molar-refractivity contribution in [2.45, 2.75) is 39.2 Å². The Morgan fingerprint density at radius 1 is 0.824 bits per heavy atom. The van der Waals surface area contributed by atoms with Crippen LogP contribution in [0.25, 0.3) is 0 Å². The average Bonchev–Trinajstić information content (AvgIpc) is 2.88. The second kappa shape index (κ2) is 11.2. The van der Waals surface area contributed by atoms with E-state index in [4.69, 9.17) is 11.6 Å². The van der Waals surface area contributed by atoms with Crippen molar-refractivity contribution >= 4 is 34.8 Å². The second-order valence-corrected chi connectivity index (χ2v) is 9.80. The van der Waals surface area contributed by atoms with Gasteiger partial charge in [0, 0.05) is 57.4 Å². The molecule has 0 radical (unpaired) electrons. The summed E-state index contributed by atoms with van der Waals surface area (Å²) in [5.41, 5.74) is 3.48. The number of benzene rings is 2. The monoisotopic (exact) mass is 482 g/mol. The molecule has 182 valence electrons. The normalized spacial score (nSPS) is 18.3. The molecule has 1 saturated heterocycles. The third-order valence-electron chi connectivity index (χ3n) is 6.87. The van der Waals surface area contributed by atoms with E-state index < -0.39 is 0 Å². The molecule has 0 bridgehead atoms. The highest BCUT2D eigenvalue weighted by atomic mass is 35.5. The maximum Gasteiger partial charge on any atom is 0.254 e. The van der Waals surface area contributed by atoms with Crippen molar-refractivity contribution in [3.05, 3.63) is 58.6 Å². The summed E-state index contributed by atoms with van der Waals surface area (Å²) < 4.78 is 0. The number of nitrogens with zero attached hydrogens (tertiary/aromatic N) is 4. The molecule has 0 spiro atoms. The summed E-state index contributed by atoms with van der Waals surface area (Å²) in [4.78, 5) is 34.5. The van der Waals surface area contributed by atoms with E-state index in [0.29, 0.717) is 30.2 Å². The van der Waals surface area contributed by atoms with Gasteiger partial charge in [-0.25, -0.2) is 0 Å². The van der Waals surface area contributed by atoms with Crippen molar-refractivity contribution in [1.29, 1.82) is 0 Å². The molecule has 6 nitrogen and oxygen atoms in total. The minimum atomic E-state index is -0.00764. The molecule has 0 atom stereocenters. The van der Waals surface area contributed by atoms with Crippen LogP contribution in [0.1, 0.15) is 48.5 Å². The van der Waals surface area contributed by atoms with Gasteiger partial charge in [0.05, 0.1) is 10.7 Å². The second-order valence-electron chi connectivity index (χ2n) is 9.40. The van der Waals surface area contributed by atoms with E-state index in [1.165, 1.54) is 6.42 Å². The topological polar surface area (TPSA) is 47.1 Å². The molecule has 2 aliphatic rings. The first-order valence-corrected chi connectivity index (χ1v) is 12.7. The Hall–Kier alpha value is -2.57. The van der Waals surface area contributed by atoms with Crippen LogP contribution in [0.4, 0.5) is 11.4 Å². The van der Waals surface area contributed by atoms with Gasteiger partial charge in [0.1, 0.15) is 0 Å². The van der Waals surface area contributed by atoms with Gasteiger partial charge in [-0.05, 0) is 69.1 Å². The molecule has 0 saturated carbocycles. The third kappa shape index (κ3) is 5.73. The molecule has 0 aromatic heterocycles. The molecule has 0 aliphatic carbocycles. The Bertz CT molecular complexity index is 1020. The molecule has 7 heteroatoms. The average molecular weight is 483 g/mol. The molecule has 2 heterocycles. The van der Waals surface area contributed by atoms with Gasteiger partial charge in [-0.1, -0.05) is 29.8 Å². The Morgan fingerprint density at radius 2 is 1.59 bits per heavy atom. The molecule has 0 N–H and O–H groups in total. The minimum absolute atomic E-state index is 0.00764. The van der Waals surface area contributed by atoms with Crippen LogP contribution in [0.5, 0.6) is 0 Å². The summed E-state index contributed by atoms with van der Waals surface area (Å²) in [5.74, 6) is 0.0165. The maximum atomic E-state index is 13.8. The summed E-state index contributed by atoms with van der Waals surface area (Å²) in [5, 5.41) is 0.693. The van der Waals surface area contributed by atoms with Crippen molar-refractivity contribution in [1.82, 2.24) is 9.80 Å². The maximum absolute atomic E-state index is 13.8. The molecule has 2 aromatic carbocycles. The Labute approximate surface area is 208 Å². The van der Waals surface area contributed by atoms with E-state index in [2.05, 4.69) is 16.8 Å². The van der Waals surface area contributed by atoms with Crippen LogP contribution in [-0.2, 0) is 11.3 Å². The zero-order chi connectivity index (χ0) is 24.1. The Morgan fingerprint density at radius 3 is 2.35 bits per heavy atom. The van der Waals surface area contributed by atoms with E-state index in [9.17, 15) is 9.59 Å². The predicted octanol–water partition coefficient (Wildman–Crippen LogP) is 4.66. The van der Waals surface area contributed by atoms with Crippen LogP contribution >= 0.6 is 11.6 Å². The molecule has 0 unspecified atom stereocenters. The van der Waals surface area contributed by atoms with E-state index >= 15 is 0 Å². The molecular weight excluding hydrogens is 448 g/mol. The molecule has 2 aliphatic heterocycles. The fraction of sp³-hybridized carbons (Fsp3) is 0.481. The van der Waals surface area contributed by atoms with Crippen molar-refractivity contribution in [3.63, 3.8) is 0 Å². The molecule has 2 aromatic rings. The van der Waals surface area contributed by atoms with Gasteiger partial charge in [0.15, 0.2) is 0 Å². The highest BCUT2D eigenvalue weighted by Gasteiger charge is 2.24. The first-order valence-electron chi connectivity index (χ1n) is 12.3. The lowest BCUT2D eigenvalue weighted by Crippen LogP contribution is -2.37. The number of anilines is 2. The van der Waals surface area contributed by atoms with Gasteiger partial charge in [-0.3, -0.25) is 9.59 Å². The lowest BCUT2D eigenvalue weighted by molar-refractivity contribution is -0.116. The van der Waals surface area contributed by atoms with Crippen LogP contribution < -0.4 is 9.80 Å². The van der Waals surface area contributed by atoms with Gasteiger partial charge in [-0.15, -0.1) is 0 Å². The Kier molecular flexibility index (Phi) is 8.11. The quantitative estimate of drug-likeness (QED) is 0.624. The number of para-hydroxylation sites is 1. The lowest BCUT2D eigenvalue weighted by Gasteiger charge is -2.31. The number of rotatable bonds is 2. The summed E-state index contributed by atoms with van der Waals surface area (Å²) in [7, 11) is 2.07. The van der Waals surface area contributed by atoms with Crippen molar-refractivity contribution in [3.8, 4) is 0 Å². The number of piperidine rings is 1. The number of amides is 2. The lowest BCUT2D eigenvalue weighted by atomic mass is 10.1. The van der Waals surface area contributed by atoms with Gasteiger partial charge < -0.3 is 19.6 Å². The van der Waals surface area contributed by atoms with E-state index in [-0.39, 0.29) is 11.8 Å². The van der Waals surface area contributed by atoms with E-state index in [1.807, 2.05) is 52.3 Å². The zero-order valence-corrected chi connectivity index (χ0v) is 21.1. The fourth-order valence-electron chi connectivity index (χ4n) is 4.92. The largest absolute Gasteiger partial charge is 0.370 e. The number of halogens is 1. The van der Waals surface area contributed by atoms with E-state index in [0.717, 1.165) is 62.4 Å². The predicted molar refractivity (Wildman–Crippen MR) is 139 cm³/mol. The number of hydrogen-bond acceptors (Lipinski definition) is 4. The number of carbonyl (C=O) groups is 2. The molecular formula is C27H35ClN4O2. The smallest absolute Gasteiger partial charge is 0.254 e. The standard InChI is InChI=1S/C27H35ClN4O2/c1-21(33)32-16-8-13-29(2)17-18-31(20-23-9-4-5-10-25(23)32)27(34)22-11-12-24(28)26(19-22)30-14-6-3-7-15-30/h4-5,9-12,19H,3,6-8,13-18,20H2,1-2H3. The number of likely N-dealkylation sites (N-methyl/N-ethyl adjacent to an activating group) is 1. The highest BCUT2D eigenvalue weighted by Crippen LogP contribution is 2.30. The van der Waals surface area contributed by atoms with Crippen LogP contribution in [0.15, 0.2) is 42.5 Å². The van der Waals surface area contributed by atoms with Crippen molar-refractivity contribution < 1.29 is 9.59 Å². The number of fused-ring (bicyclic) bond motifs is 1. The fourth-order valence-corrected chi connectivity index (χ4v) is 5.16. The third-order valence-corrected chi connectivity index (χ3v) is 7.19. The van der Waals surface area contributed by atoms with Gasteiger partial charge in [0.2, 0.25) is 5.91 Å². The summed E-state index contributed by atoms with van der Waals surface area (Å²) in [6.45, 7) is 6.94. The first kappa shape index (κ1) is 24.6. The SMILES string of the molecule is CC(=O)N1CCCN(C)CCN(C(=O)c2ccc(Cl)c(N3CCCCC3)c2)Cc2ccccc21. The van der Waals surface area contributed by atoms with Crippen LogP contribution in [-0.4, -0.2) is 67.9 Å². The number of carbonyl (C=O) groups excluding carboxylic acids is 2. The highest BCUT2D eigenvalue weighted by molar-refractivity contribution is 6.33. The molecule has 34 heavy (non-hydrogen) atoms. The van der Waals surface area contributed by atoms with Gasteiger partial charge in [-0.2, -0.15) is 0 Å².